The summed E-state index contributed by atoms with van der Waals surface area (Å²) in [4.78, 5) is 12.8. The molecule has 0 fully saturated rings. The maximum atomic E-state index is 13.5. The van der Waals surface area contributed by atoms with Crippen molar-refractivity contribution in [2.24, 2.45) is 0 Å². The van der Waals surface area contributed by atoms with E-state index < -0.39 is 34.2 Å². The first kappa shape index (κ1) is 25.4. The molecule has 3 aromatic carbocycles. The molecule has 0 radical (unpaired) electrons. The Morgan fingerprint density at radius 1 is 1.06 bits per heavy atom. The number of carbonyl (C=O) groups is 1. The van der Waals surface area contributed by atoms with E-state index in [-0.39, 0.29) is 27.0 Å². The number of rotatable bonds is 7. The van der Waals surface area contributed by atoms with E-state index >= 15 is 0 Å². The summed E-state index contributed by atoms with van der Waals surface area (Å²) in [5, 5.41) is 2.14. The Bertz CT molecular complexity index is 1300. The van der Waals surface area contributed by atoms with Gasteiger partial charge in [-0.15, -0.1) is 0 Å². The first-order valence-corrected chi connectivity index (χ1v) is 11.6. The van der Waals surface area contributed by atoms with Gasteiger partial charge in [0.15, 0.2) is 0 Å². The Labute approximate surface area is 200 Å². The number of nitrogens with one attached hydrogen (secondary N) is 1. The number of anilines is 2. The number of nitrogens with zero attached hydrogens (tertiary/aromatic N) is 1. The minimum Gasteiger partial charge on any atom is -0.495 e. The van der Waals surface area contributed by atoms with Gasteiger partial charge in [-0.25, -0.2) is 8.42 Å². The number of methoxy groups -OCH3 is 1. The fourth-order valence-corrected chi connectivity index (χ4v) is 4.69. The summed E-state index contributed by atoms with van der Waals surface area (Å²) in [5.74, 6) is -0.717. The van der Waals surface area contributed by atoms with Gasteiger partial charge in [-0.3, -0.25) is 9.10 Å². The van der Waals surface area contributed by atoms with E-state index in [1.54, 1.807) is 31.2 Å². The van der Waals surface area contributed by atoms with Crippen LogP contribution in [0.1, 0.15) is 11.1 Å². The Balaban J connectivity index is 2.00. The zero-order valence-corrected chi connectivity index (χ0v) is 19.6. The van der Waals surface area contributed by atoms with Gasteiger partial charge in [0.1, 0.15) is 12.3 Å². The molecule has 1 amide bonds. The van der Waals surface area contributed by atoms with Gasteiger partial charge in [0.05, 0.1) is 34.0 Å². The molecule has 0 saturated carbocycles. The second-order valence-electron chi connectivity index (χ2n) is 7.24. The van der Waals surface area contributed by atoms with Crippen LogP contribution in [-0.4, -0.2) is 28.0 Å². The van der Waals surface area contributed by atoms with E-state index in [1.165, 1.54) is 31.4 Å². The van der Waals surface area contributed by atoms with Crippen molar-refractivity contribution in [1.29, 1.82) is 0 Å². The predicted molar refractivity (Wildman–Crippen MR) is 124 cm³/mol. The van der Waals surface area contributed by atoms with Crippen LogP contribution in [0.3, 0.4) is 0 Å². The molecule has 6 nitrogen and oxygen atoms in total. The van der Waals surface area contributed by atoms with E-state index in [0.717, 1.165) is 22.0 Å². The van der Waals surface area contributed by atoms with Crippen LogP contribution in [0.25, 0.3) is 0 Å². The molecule has 0 heterocycles. The van der Waals surface area contributed by atoms with Crippen LogP contribution in [0.5, 0.6) is 5.75 Å². The standard InChI is InChI=1S/C23H20ClF3N2O4S/c1-15-7-10-17(11-8-15)34(31,32)29(20-5-3-4-6-21(20)33-2)14-22(30)28-19-13-16(23(25,26)27)9-12-18(19)24/h3-13H,14H2,1-2H3,(H,28,30). The molecular formula is C23H20ClF3N2O4S. The highest BCUT2D eigenvalue weighted by atomic mass is 35.5. The molecule has 0 spiro atoms. The fraction of sp³-hybridized carbons (Fsp3) is 0.174. The molecule has 3 aromatic rings. The van der Waals surface area contributed by atoms with Crippen LogP contribution >= 0.6 is 11.6 Å². The molecule has 180 valence electrons. The number of hydrogen-bond donors (Lipinski definition) is 1. The second kappa shape index (κ2) is 9.94. The summed E-state index contributed by atoms with van der Waals surface area (Å²) in [5.41, 5.74) is -0.397. The lowest BCUT2D eigenvalue weighted by Gasteiger charge is -2.25. The Kier molecular flexibility index (Phi) is 7.42. The number of benzene rings is 3. The Morgan fingerprint density at radius 2 is 1.71 bits per heavy atom. The minimum absolute atomic E-state index is 0.0751. The molecular weight excluding hydrogens is 493 g/mol. The lowest BCUT2D eigenvalue weighted by Crippen LogP contribution is -2.38. The fourth-order valence-electron chi connectivity index (χ4n) is 3.09. The molecule has 0 aliphatic heterocycles. The van der Waals surface area contributed by atoms with Crippen molar-refractivity contribution in [1.82, 2.24) is 0 Å². The van der Waals surface area contributed by atoms with Crippen LogP contribution < -0.4 is 14.4 Å². The van der Waals surface area contributed by atoms with Gasteiger partial charge in [-0.1, -0.05) is 41.4 Å². The number of ether oxygens (including phenoxy) is 1. The van der Waals surface area contributed by atoms with Gasteiger partial charge in [0.25, 0.3) is 10.0 Å². The van der Waals surface area contributed by atoms with Crippen LogP contribution in [0.2, 0.25) is 5.02 Å². The highest BCUT2D eigenvalue weighted by Crippen LogP contribution is 2.35. The predicted octanol–water partition coefficient (Wildman–Crippen LogP) is 5.51. The SMILES string of the molecule is COc1ccccc1N(CC(=O)Nc1cc(C(F)(F)F)ccc1Cl)S(=O)(=O)c1ccc(C)cc1. The average molecular weight is 513 g/mol. The zero-order chi connectivity index (χ0) is 25.1. The van der Waals surface area contributed by atoms with Gasteiger partial charge >= 0.3 is 6.18 Å². The number of para-hydroxylation sites is 2. The number of alkyl halides is 3. The van der Waals surface area contributed by atoms with Gasteiger partial charge in [-0.2, -0.15) is 13.2 Å². The summed E-state index contributed by atoms with van der Waals surface area (Å²) < 4.78 is 72.2. The number of amides is 1. The second-order valence-corrected chi connectivity index (χ2v) is 9.51. The molecule has 0 aliphatic rings. The number of aryl methyl sites for hydroxylation is 1. The number of sulfonamides is 1. The average Bonchev–Trinajstić information content (AvgIpc) is 2.78. The smallest absolute Gasteiger partial charge is 0.416 e. The van der Waals surface area contributed by atoms with Crippen LogP contribution in [-0.2, 0) is 21.0 Å². The normalized spacial score (nSPS) is 11.7. The van der Waals surface area contributed by atoms with E-state index in [0.29, 0.717) is 6.07 Å². The van der Waals surface area contributed by atoms with E-state index in [2.05, 4.69) is 5.32 Å². The van der Waals surface area contributed by atoms with Crippen LogP contribution in [0.4, 0.5) is 24.5 Å². The third-order valence-corrected chi connectivity index (χ3v) is 6.92. The van der Waals surface area contributed by atoms with E-state index in [4.69, 9.17) is 16.3 Å². The molecule has 0 bridgehead atoms. The molecule has 0 aromatic heterocycles. The van der Waals surface area contributed by atoms with E-state index in [1.807, 2.05) is 0 Å². The molecule has 0 atom stereocenters. The molecule has 0 saturated heterocycles. The Hall–Kier alpha value is -3.24. The van der Waals surface area contributed by atoms with Crippen molar-refractivity contribution in [3.63, 3.8) is 0 Å². The van der Waals surface area contributed by atoms with E-state index in [9.17, 15) is 26.4 Å². The van der Waals surface area contributed by atoms with Crippen LogP contribution in [0, 0.1) is 6.92 Å². The zero-order valence-electron chi connectivity index (χ0n) is 18.1. The molecule has 34 heavy (non-hydrogen) atoms. The maximum Gasteiger partial charge on any atom is 0.416 e. The number of carbonyl (C=O) groups excluding carboxylic acids is 1. The number of hydrogen-bond acceptors (Lipinski definition) is 4. The molecule has 1 N–H and O–H groups in total. The first-order valence-electron chi connectivity index (χ1n) is 9.82. The quantitative estimate of drug-likeness (QED) is 0.453. The van der Waals surface area contributed by atoms with Gasteiger partial charge in [-0.05, 0) is 49.4 Å². The van der Waals surface area contributed by atoms with Crippen molar-refractivity contribution in [3.05, 3.63) is 82.9 Å². The summed E-state index contributed by atoms with van der Waals surface area (Å²) >= 11 is 5.96. The Morgan fingerprint density at radius 3 is 2.32 bits per heavy atom. The highest BCUT2D eigenvalue weighted by Gasteiger charge is 2.32. The monoisotopic (exact) mass is 512 g/mol. The molecule has 0 unspecified atom stereocenters. The maximum absolute atomic E-state index is 13.5. The van der Waals surface area contributed by atoms with Crippen molar-refractivity contribution in [2.45, 2.75) is 18.0 Å². The summed E-state index contributed by atoms with van der Waals surface area (Å²) in [6.45, 7) is 1.05. The lowest BCUT2D eigenvalue weighted by molar-refractivity contribution is -0.137. The van der Waals surface area contributed by atoms with Crippen molar-refractivity contribution in [2.75, 3.05) is 23.3 Å². The summed E-state index contributed by atoms with van der Waals surface area (Å²) in [6.07, 6.45) is -4.65. The minimum atomic E-state index is -4.65. The topological polar surface area (TPSA) is 75.7 Å². The molecule has 11 heteroatoms. The largest absolute Gasteiger partial charge is 0.495 e. The van der Waals surface area contributed by atoms with Gasteiger partial charge < -0.3 is 10.1 Å². The summed E-state index contributed by atoms with van der Waals surface area (Å²) in [6, 6.07) is 14.6. The van der Waals surface area contributed by atoms with Crippen LogP contribution in [0.15, 0.2) is 71.6 Å². The third-order valence-electron chi connectivity index (χ3n) is 4.82. The van der Waals surface area contributed by atoms with Crippen molar-refractivity contribution in [3.8, 4) is 5.75 Å². The lowest BCUT2D eigenvalue weighted by atomic mass is 10.2. The van der Waals surface area contributed by atoms with Crippen molar-refractivity contribution >= 4 is 38.9 Å². The highest BCUT2D eigenvalue weighted by molar-refractivity contribution is 7.92. The number of halogens is 4. The molecule has 3 rings (SSSR count). The van der Waals surface area contributed by atoms with Gasteiger partial charge in [0, 0.05) is 0 Å². The third kappa shape index (κ3) is 5.63. The van der Waals surface area contributed by atoms with Gasteiger partial charge in [0.2, 0.25) is 5.91 Å². The summed E-state index contributed by atoms with van der Waals surface area (Å²) in [7, 11) is -2.91. The van der Waals surface area contributed by atoms with Crippen molar-refractivity contribution < 1.29 is 31.1 Å². The molecule has 0 aliphatic carbocycles. The first-order chi connectivity index (χ1) is 15.9.